The maximum Gasteiger partial charge on any atom is 0.257 e. The summed E-state index contributed by atoms with van der Waals surface area (Å²) in [7, 11) is 0. The van der Waals surface area contributed by atoms with Crippen molar-refractivity contribution < 1.29 is 18.7 Å². The molecule has 1 aliphatic rings. The summed E-state index contributed by atoms with van der Waals surface area (Å²) in [5, 5.41) is 2.84. The molecule has 1 aliphatic heterocycles. The van der Waals surface area contributed by atoms with Gasteiger partial charge in [-0.15, -0.1) is 0 Å². The molecule has 0 radical (unpaired) electrons. The van der Waals surface area contributed by atoms with Crippen LogP contribution in [0.15, 0.2) is 42.5 Å². The smallest absolute Gasteiger partial charge is 0.257 e. The first-order chi connectivity index (χ1) is 15.1. The van der Waals surface area contributed by atoms with Crippen LogP contribution >= 0.6 is 0 Å². The van der Waals surface area contributed by atoms with Crippen LogP contribution in [-0.2, 0) is 16.0 Å². The van der Waals surface area contributed by atoms with Gasteiger partial charge in [-0.3, -0.25) is 9.59 Å². The fraction of sp³-hybridized carbons (Fsp3) is 0.462. The van der Waals surface area contributed by atoms with Gasteiger partial charge in [0.15, 0.2) is 6.61 Å². The third-order valence-electron chi connectivity index (χ3n) is 5.49. The number of hydrogen-bond donors (Lipinski definition) is 1. The van der Waals surface area contributed by atoms with Crippen LogP contribution in [0.2, 0.25) is 0 Å². The van der Waals surface area contributed by atoms with Crippen LogP contribution in [0.25, 0.3) is 0 Å². The van der Waals surface area contributed by atoms with Crippen molar-refractivity contribution in [1.29, 1.82) is 0 Å². The summed E-state index contributed by atoms with van der Waals surface area (Å²) in [5.74, 6) is 0.405. The first kappa shape index (κ1) is 23.8. The van der Waals surface area contributed by atoms with Gasteiger partial charge in [0, 0.05) is 18.5 Å². The number of hydrogen-bond acceptors (Lipinski definition) is 3. The van der Waals surface area contributed by atoms with Crippen molar-refractivity contribution in [2.75, 3.05) is 19.7 Å². The number of nitrogens with one attached hydrogen (secondary N) is 1. The maximum atomic E-state index is 14.1. The highest BCUT2D eigenvalue weighted by Gasteiger charge is 2.37. The minimum Gasteiger partial charge on any atom is -0.484 e. The lowest BCUT2D eigenvalue weighted by atomic mass is 9.85. The van der Waals surface area contributed by atoms with E-state index in [2.05, 4.69) is 5.32 Å². The summed E-state index contributed by atoms with van der Waals surface area (Å²) in [6, 6.07) is 11.7. The number of nitrogens with zero attached hydrogens (tertiary/aromatic N) is 1. The Morgan fingerprint density at radius 3 is 2.59 bits per heavy atom. The Morgan fingerprint density at radius 2 is 1.94 bits per heavy atom. The second-order valence-electron chi connectivity index (χ2n) is 9.80. The Bertz CT molecular complexity index is 981. The van der Waals surface area contributed by atoms with Crippen molar-refractivity contribution in [3.05, 3.63) is 65.0 Å². The second kappa shape index (κ2) is 9.72. The number of halogens is 1. The molecule has 5 nitrogen and oxygen atoms in total. The largest absolute Gasteiger partial charge is 0.484 e. The lowest BCUT2D eigenvalue weighted by Gasteiger charge is -2.41. The molecule has 0 spiro atoms. The van der Waals surface area contributed by atoms with Crippen LogP contribution < -0.4 is 10.1 Å². The average molecular weight is 441 g/mol. The number of rotatable bonds is 6. The van der Waals surface area contributed by atoms with Gasteiger partial charge in [-0.2, -0.15) is 0 Å². The molecule has 0 fully saturated rings. The molecule has 1 heterocycles. The fourth-order valence-electron chi connectivity index (χ4n) is 3.89. The van der Waals surface area contributed by atoms with E-state index in [1.165, 1.54) is 12.1 Å². The van der Waals surface area contributed by atoms with Gasteiger partial charge >= 0.3 is 0 Å². The number of amides is 2. The van der Waals surface area contributed by atoms with Gasteiger partial charge in [0.25, 0.3) is 5.91 Å². The standard InChI is InChI=1S/C26H33FN2O3/c1-17(2)15-28-23(30)16-32-21-10-9-18-11-12-29(25(31)26(3,4)5)24(22(18)14-21)19-7-6-8-20(27)13-19/h6-10,13-14,17,24H,11-12,15-16H2,1-5H3,(H,28,30)/t24-/m1/s1. The first-order valence-corrected chi connectivity index (χ1v) is 11.1. The van der Waals surface area contributed by atoms with Crippen molar-refractivity contribution in [3.63, 3.8) is 0 Å². The number of carbonyl (C=O) groups excluding carboxylic acids is 2. The quantitative estimate of drug-likeness (QED) is 0.720. The van der Waals surface area contributed by atoms with E-state index in [9.17, 15) is 14.0 Å². The third-order valence-corrected chi connectivity index (χ3v) is 5.49. The van der Waals surface area contributed by atoms with E-state index < -0.39 is 11.5 Å². The molecule has 0 saturated carbocycles. The first-order valence-electron chi connectivity index (χ1n) is 11.1. The Kier molecular flexibility index (Phi) is 7.22. The van der Waals surface area contributed by atoms with Gasteiger partial charge in [0.1, 0.15) is 11.6 Å². The lowest BCUT2D eigenvalue weighted by Crippen LogP contribution is -2.45. The molecule has 2 aromatic carbocycles. The molecule has 0 saturated heterocycles. The highest BCUT2D eigenvalue weighted by Crippen LogP contribution is 2.39. The van der Waals surface area contributed by atoms with Gasteiger partial charge in [-0.1, -0.05) is 52.8 Å². The van der Waals surface area contributed by atoms with E-state index >= 15 is 0 Å². The topological polar surface area (TPSA) is 58.6 Å². The van der Waals surface area contributed by atoms with E-state index in [1.807, 2.05) is 63.8 Å². The third kappa shape index (κ3) is 5.67. The zero-order valence-electron chi connectivity index (χ0n) is 19.6. The molecule has 0 aliphatic carbocycles. The van der Waals surface area contributed by atoms with Crippen LogP contribution in [-0.4, -0.2) is 36.4 Å². The van der Waals surface area contributed by atoms with E-state index in [0.29, 0.717) is 31.2 Å². The summed E-state index contributed by atoms with van der Waals surface area (Å²) < 4.78 is 19.9. The van der Waals surface area contributed by atoms with Gasteiger partial charge in [-0.05, 0) is 53.3 Å². The number of ether oxygens (including phenoxy) is 1. The molecule has 1 N–H and O–H groups in total. The Labute approximate surface area is 190 Å². The van der Waals surface area contributed by atoms with E-state index in [4.69, 9.17) is 4.74 Å². The molecule has 6 heteroatoms. The minimum atomic E-state index is -0.564. The SMILES string of the molecule is CC(C)CNC(=O)COc1ccc2c(c1)[C@@H](c1cccc(F)c1)N(C(=O)C(C)(C)C)CC2. The molecule has 0 unspecified atom stereocenters. The molecule has 2 amide bonds. The zero-order chi connectivity index (χ0) is 23.5. The predicted octanol–water partition coefficient (Wildman–Crippen LogP) is 4.50. The summed E-state index contributed by atoms with van der Waals surface area (Å²) in [6.07, 6.45) is 0.706. The van der Waals surface area contributed by atoms with Crippen molar-refractivity contribution in [2.24, 2.45) is 11.3 Å². The number of benzene rings is 2. The van der Waals surface area contributed by atoms with Crippen LogP contribution in [0, 0.1) is 17.2 Å². The molecular formula is C26H33FN2O3. The van der Waals surface area contributed by atoms with Crippen LogP contribution in [0.4, 0.5) is 4.39 Å². The van der Waals surface area contributed by atoms with E-state index in [-0.39, 0.29) is 24.2 Å². The van der Waals surface area contributed by atoms with Gasteiger partial charge in [-0.25, -0.2) is 4.39 Å². The zero-order valence-corrected chi connectivity index (χ0v) is 19.6. The molecule has 1 atom stereocenters. The summed E-state index contributed by atoms with van der Waals surface area (Å²) in [4.78, 5) is 27.2. The van der Waals surface area contributed by atoms with E-state index in [0.717, 1.165) is 16.7 Å². The molecule has 3 rings (SSSR count). The molecule has 2 aromatic rings. The molecule has 0 aromatic heterocycles. The normalized spacial score (nSPS) is 16.0. The monoisotopic (exact) mass is 440 g/mol. The van der Waals surface area contributed by atoms with Crippen LogP contribution in [0.1, 0.15) is 57.4 Å². The Morgan fingerprint density at radius 1 is 1.19 bits per heavy atom. The second-order valence-corrected chi connectivity index (χ2v) is 9.80. The highest BCUT2D eigenvalue weighted by atomic mass is 19.1. The Hall–Kier alpha value is -2.89. The summed E-state index contributed by atoms with van der Waals surface area (Å²) >= 11 is 0. The van der Waals surface area contributed by atoms with Gasteiger partial charge in [0.2, 0.25) is 5.91 Å². The van der Waals surface area contributed by atoms with Crippen molar-refractivity contribution >= 4 is 11.8 Å². The van der Waals surface area contributed by atoms with Crippen molar-refractivity contribution in [2.45, 2.75) is 47.1 Å². The maximum absolute atomic E-state index is 14.1. The van der Waals surface area contributed by atoms with Crippen molar-refractivity contribution in [3.8, 4) is 5.75 Å². The van der Waals surface area contributed by atoms with Crippen LogP contribution in [0.5, 0.6) is 5.75 Å². The molecular weight excluding hydrogens is 407 g/mol. The van der Waals surface area contributed by atoms with Crippen LogP contribution in [0.3, 0.4) is 0 Å². The summed E-state index contributed by atoms with van der Waals surface area (Å²) in [6.45, 7) is 10.8. The molecule has 32 heavy (non-hydrogen) atoms. The Balaban J connectivity index is 1.92. The lowest BCUT2D eigenvalue weighted by molar-refractivity contribution is -0.141. The minimum absolute atomic E-state index is 0.0109. The molecule has 172 valence electrons. The average Bonchev–Trinajstić information content (AvgIpc) is 2.74. The number of carbonyl (C=O) groups is 2. The molecule has 0 bridgehead atoms. The van der Waals surface area contributed by atoms with E-state index in [1.54, 1.807) is 6.07 Å². The van der Waals surface area contributed by atoms with Gasteiger partial charge < -0.3 is 15.0 Å². The number of fused-ring (bicyclic) bond motifs is 1. The highest BCUT2D eigenvalue weighted by molar-refractivity contribution is 5.83. The summed E-state index contributed by atoms with van der Waals surface area (Å²) in [5.41, 5.74) is 2.15. The van der Waals surface area contributed by atoms with Gasteiger partial charge in [0.05, 0.1) is 6.04 Å². The predicted molar refractivity (Wildman–Crippen MR) is 123 cm³/mol. The fourth-order valence-corrected chi connectivity index (χ4v) is 3.89. The van der Waals surface area contributed by atoms with Crippen molar-refractivity contribution in [1.82, 2.24) is 10.2 Å².